The maximum absolute atomic E-state index is 12.2. The van der Waals surface area contributed by atoms with Crippen LogP contribution in [0.15, 0.2) is 11.6 Å². The van der Waals surface area contributed by atoms with E-state index in [2.05, 4.69) is 29.0 Å². The average Bonchev–Trinajstić information content (AvgIpc) is 3.41. The smallest absolute Gasteiger partial charge is 0.349 e. The third-order valence-corrected chi connectivity index (χ3v) is 4.68. The molecular weight excluding hydrogens is 372 g/mol. The van der Waals surface area contributed by atoms with Gasteiger partial charge in [-0.3, -0.25) is 10.1 Å². The number of nitriles is 1. The quantitative estimate of drug-likeness (QED) is 0.396. The lowest BCUT2D eigenvalue weighted by Gasteiger charge is -2.11. The molecule has 0 atom stereocenters. The maximum Gasteiger partial charge on any atom is 0.349 e. The van der Waals surface area contributed by atoms with Gasteiger partial charge in [-0.2, -0.15) is 5.26 Å². The Morgan fingerprint density at radius 3 is 2.62 bits per heavy atom. The van der Waals surface area contributed by atoms with Crippen molar-refractivity contribution in [1.82, 2.24) is 15.2 Å². The van der Waals surface area contributed by atoms with Crippen molar-refractivity contribution >= 4 is 24.0 Å². The average molecular weight is 400 g/mol. The highest BCUT2D eigenvalue weighted by molar-refractivity contribution is 6.00. The van der Waals surface area contributed by atoms with E-state index >= 15 is 0 Å². The van der Waals surface area contributed by atoms with E-state index in [1.807, 2.05) is 26.0 Å². The summed E-state index contributed by atoms with van der Waals surface area (Å²) in [6, 6.07) is 3.23. The summed E-state index contributed by atoms with van der Waals surface area (Å²) in [6.45, 7) is 8.45. The fourth-order valence-electron chi connectivity index (χ4n) is 2.82. The number of urea groups is 1. The molecule has 0 saturated heterocycles. The lowest BCUT2D eigenvalue weighted by atomic mass is 10.1. The molecule has 0 radical (unpaired) electrons. The summed E-state index contributed by atoms with van der Waals surface area (Å²) >= 11 is 0. The number of ether oxygens (including phenoxy) is 1. The summed E-state index contributed by atoms with van der Waals surface area (Å²) in [4.78, 5) is 35.4. The molecular formula is C21H28N4O4. The number of rotatable bonds is 8. The molecule has 156 valence electrons. The number of aryl methyl sites for hydroxylation is 1. The summed E-state index contributed by atoms with van der Waals surface area (Å²) in [5.74, 6) is -1.09. The van der Waals surface area contributed by atoms with Crippen LogP contribution in [0.3, 0.4) is 0 Å². The second kappa shape index (κ2) is 9.92. The molecule has 1 heterocycles. The van der Waals surface area contributed by atoms with E-state index in [-0.39, 0.29) is 11.6 Å². The van der Waals surface area contributed by atoms with Gasteiger partial charge in [0.15, 0.2) is 6.61 Å². The van der Waals surface area contributed by atoms with Crippen molar-refractivity contribution in [3.8, 4) is 6.07 Å². The molecule has 1 aliphatic rings. The Labute approximate surface area is 170 Å². The summed E-state index contributed by atoms with van der Waals surface area (Å²) in [7, 11) is 0. The van der Waals surface area contributed by atoms with Crippen LogP contribution >= 0.6 is 0 Å². The van der Waals surface area contributed by atoms with Gasteiger partial charge in [0.2, 0.25) is 0 Å². The Hall–Kier alpha value is -3.08. The van der Waals surface area contributed by atoms with Crippen molar-refractivity contribution in [3.63, 3.8) is 0 Å². The number of carbonyl (C=O) groups excluding carboxylic acids is 3. The Morgan fingerprint density at radius 1 is 1.34 bits per heavy atom. The van der Waals surface area contributed by atoms with Crippen LogP contribution in [-0.2, 0) is 20.9 Å². The predicted octanol–water partition coefficient (Wildman–Crippen LogP) is 2.59. The first-order chi connectivity index (χ1) is 13.7. The van der Waals surface area contributed by atoms with Crippen LogP contribution in [0.25, 0.3) is 6.08 Å². The molecule has 1 saturated carbocycles. The molecule has 0 spiro atoms. The van der Waals surface area contributed by atoms with Crippen LogP contribution in [-0.4, -0.2) is 35.1 Å². The molecule has 0 aliphatic heterocycles. The highest BCUT2D eigenvalue weighted by atomic mass is 16.5. The van der Waals surface area contributed by atoms with Crippen molar-refractivity contribution in [1.29, 1.82) is 5.26 Å². The zero-order valence-corrected chi connectivity index (χ0v) is 17.4. The molecule has 29 heavy (non-hydrogen) atoms. The maximum atomic E-state index is 12.2. The van der Waals surface area contributed by atoms with Gasteiger partial charge in [-0.05, 0) is 56.7 Å². The standard InChI is InChI=1S/C21H28N4O4/c1-13(2)7-8-25-14(3)9-16(15(25)4)10-17(11-22)20(27)29-12-19(26)24-21(28)23-18-5-6-18/h9-10,13,18H,5-8,12H2,1-4H3,(H2,23,24,26,28)/b17-10+. The fraction of sp³-hybridized carbons (Fsp3) is 0.524. The fourth-order valence-corrected chi connectivity index (χ4v) is 2.82. The Kier molecular flexibility index (Phi) is 7.59. The molecule has 8 nitrogen and oxygen atoms in total. The second-order valence-corrected chi connectivity index (χ2v) is 7.70. The molecule has 1 fully saturated rings. The molecule has 0 bridgehead atoms. The predicted molar refractivity (Wildman–Crippen MR) is 108 cm³/mol. The lowest BCUT2D eigenvalue weighted by Crippen LogP contribution is -2.42. The highest BCUT2D eigenvalue weighted by Gasteiger charge is 2.24. The van der Waals surface area contributed by atoms with Crippen molar-refractivity contribution in [2.75, 3.05) is 6.61 Å². The van der Waals surface area contributed by atoms with E-state index in [1.54, 1.807) is 0 Å². The third kappa shape index (κ3) is 6.79. The molecule has 2 N–H and O–H groups in total. The Balaban J connectivity index is 1.97. The van der Waals surface area contributed by atoms with Crippen LogP contribution in [0, 0.1) is 31.1 Å². The van der Waals surface area contributed by atoms with E-state index in [1.165, 1.54) is 6.08 Å². The Bertz CT molecular complexity index is 857. The summed E-state index contributed by atoms with van der Waals surface area (Å²) in [6.07, 6.45) is 4.28. The van der Waals surface area contributed by atoms with Gasteiger partial charge in [-0.1, -0.05) is 13.8 Å². The monoisotopic (exact) mass is 400 g/mol. The van der Waals surface area contributed by atoms with E-state index in [0.717, 1.165) is 42.8 Å². The summed E-state index contributed by atoms with van der Waals surface area (Å²) in [5.41, 5.74) is 2.55. The van der Waals surface area contributed by atoms with Crippen LogP contribution < -0.4 is 10.6 Å². The van der Waals surface area contributed by atoms with E-state index in [4.69, 9.17) is 4.74 Å². The Morgan fingerprint density at radius 2 is 2.03 bits per heavy atom. The van der Waals surface area contributed by atoms with E-state index in [9.17, 15) is 19.6 Å². The van der Waals surface area contributed by atoms with Gasteiger partial charge in [-0.15, -0.1) is 0 Å². The van der Waals surface area contributed by atoms with E-state index in [0.29, 0.717) is 5.92 Å². The van der Waals surface area contributed by atoms with Crippen LogP contribution in [0.1, 0.15) is 50.1 Å². The highest BCUT2D eigenvalue weighted by Crippen LogP contribution is 2.20. The topological polar surface area (TPSA) is 113 Å². The minimum absolute atomic E-state index is 0.109. The van der Waals surface area contributed by atoms with Crippen LogP contribution in [0.2, 0.25) is 0 Å². The van der Waals surface area contributed by atoms with Gasteiger partial charge in [0.05, 0.1) is 0 Å². The SMILES string of the molecule is Cc1cc(/C=C(\C#N)C(=O)OCC(=O)NC(=O)NC2CC2)c(C)n1CCC(C)C. The first kappa shape index (κ1) is 22.2. The number of esters is 1. The van der Waals surface area contributed by atoms with Gasteiger partial charge in [0, 0.05) is 24.0 Å². The summed E-state index contributed by atoms with van der Waals surface area (Å²) in [5, 5.41) is 14.0. The number of amides is 3. The van der Waals surface area contributed by atoms with Crippen LogP contribution in [0.4, 0.5) is 4.79 Å². The van der Waals surface area contributed by atoms with Crippen molar-refractivity contribution in [2.24, 2.45) is 5.92 Å². The molecule has 0 aromatic carbocycles. The molecule has 1 aromatic rings. The first-order valence-corrected chi connectivity index (χ1v) is 9.77. The molecule has 3 amide bonds. The molecule has 0 unspecified atom stereocenters. The number of aromatic nitrogens is 1. The first-order valence-electron chi connectivity index (χ1n) is 9.77. The van der Waals surface area contributed by atoms with Gasteiger partial charge < -0.3 is 14.6 Å². The summed E-state index contributed by atoms with van der Waals surface area (Å²) < 4.78 is 7.03. The second-order valence-electron chi connectivity index (χ2n) is 7.70. The van der Waals surface area contributed by atoms with Gasteiger partial charge >= 0.3 is 12.0 Å². The zero-order valence-electron chi connectivity index (χ0n) is 17.4. The number of imide groups is 1. The van der Waals surface area contributed by atoms with Gasteiger partial charge in [0.25, 0.3) is 5.91 Å². The van der Waals surface area contributed by atoms with Gasteiger partial charge in [0.1, 0.15) is 11.6 Å². The molecule has 1 aliphatic carbocycles. The zero-order chi connectivity index (χ0) is 21.6. The van der Waals surface area contributed by atoms with Crippen molar-refractivity contribution in [2.45, 2.75) is 59.5 Å². The minimum atomic E-state index is -0.905. The lowest BCUT2D eigenvalue weighted by molar-refractivity contribution is -0.144. The molecule has 1 aromatic heterocycles. The molecule has 8 heteroatoms. The van der Waals surface area contributed by atoms with Crippen molar-refractivity contribution in [3.05, 3.63) is 28.6 Å². The van der Waals surface area contributed by atoms with E-state index < -0.39 is 24.5 Å². The minimum Gasteiger partial charge on any atom is -0.451 e. The number of hydrogen-bond donors (Lipinski definition) is 2. The van der Waals surface area contributed by atoms with Crippen molar-refractivity contribution < 1.29 is 19.1 Å². The van der Waals surface area contributed by atoms with Crippen LogP contribution in [0.5, 0.6) is 0 Å². The number of hydrogen-bond acceptors (Lipinski definition) is 5. The van der Waals surface area contributed by atoms with Gasteiger partial charge in [-0.25, -0.2) is 9.59 Å². The third-order valence-electron chi connectivity index (χ3n) is 4.68. The number of nitrogens with one attached hydrogen (secondary N) is 2. The normalized spacial score (nSPS) is 13.7. The molecule has 2 rings (SSSR count). The number of carbonyl (C=O) groups is 3. The number of nitrogens with zero attached hydrogens (tertiary/aromatic N) is 2. The largest absolute Gasteiger partial charge is 0.451 e.